The standard InChI is InChI=1S/C16H32N2O/c1-3-18(13-14(2)12-17)15-7-10-19-16(11-15)8-5-4-6-9-16/h14-15H,3-13,17H2,1-2H3. The second-order valence-corrected chi connectivity index (χ2v) is 6.67. The SMILES string of the molecule is CCN(CC(C)CN)C1CCOC2(CCCCC2)C1. The summed E-state index contributed by atoms with van der Waals surface area (Å²) in [6.07, 6.45) is 9.14. The summed E-state index contributed by atoms with van der Waals surface area (Å²) in [7, 11) is 0. The molecule has 3 nitrogen and oxygen atoms in total. The van der Waals surface area contributed by atoms with Gasteiger partial charge in [-0.2, -0.15) is 0 Å². The molecule has 2 aliphatic rings. The minimum absolute atomic E-state index is 0.223. The third-order valence-electron chi connectivity index (χ3n) is 5.10. The Hall–Kier alpha value is -0.120. The number of hydrogen-bond donors (Lipinski definition) is 1. The maximum absolute atomic E-state index is 6.21. The van der Waals surface area contributed by atoms with Gasteiger partial charge in [0.2, 0.25) is 0 Å². The second-order valence-electron chi connectivity index (χ2n) is 6.67. The third kappa shape index (κ3) is 3.93. The maximum atomic E-state index is 6.21. The van der Waals surface area contributed by atoms with Gasteiger partial charge >= 0.3 is 0 Å². The fourth-order valence-corrected chi connectivity index (χ4v) is 3.87. The van der Waals surface area contributed by atoms with E-state index >= 15 is 0 Å². The fourth-order valence-electron chi connectivity index (χ4n) is 3.87. The summed E-state index contributed by atoms with van der Waals surface area (Å²) in [4.78, 5) is 2.65. The van der Waals surface area contributed by atoms with Gasteiger partial charge in [-0.1, -0.05) is 33.1 Å². The normalized spacial score (nSPS) is 28.7. The third-order valence-corrected chi connectivity index (χ3v) is 5.10. The Labute approximate surface area is 118 Å². The van der Waals surface area contributed by atoms with Crippen LogP contribution in [0.2, 0.25) is 0 Å². The van der Waals surface area contributed by atoms with Crippen LogP contribution in [0.4, 0.5) is 0 Å². The zero-order valence-corrected chi connectivity index (χ0v) is 12.9. The summed E-state index contributed by atoms with van der Waals surface area (Å²) < 4.78 is 6.21. The van der Waals surface area contributed by atoms with Crippen LogP contribution in [0.25, 0.3) is 0 Å². The number of rotatable bonds is 5. The van der Waals surface area contributed by atoms with E-state index in [1.165, 1.54) is 44.9 Å². The molecule has 0 radical (unpaired) electrons. The summed E-state index contributed by atoms with van der Waals surface area (Å²) in [5.74, 6) is 0.602. The van der Waals surface area contributed by atoms with Gasteiger partial charge in [0.05, 0.1) is 5.60 Å². The van der Waals surface area contributed by atoms with Crippen LogP contribution in [0.3, 0.4) is 0 Å². The van der Waals surface area contributed by atoms with Crippen LogP contribution in [0.5, 0.6) is 0 Å². The lowest BCUT2D eigenvalue weighted by molar-refractivity contribution is -0.124. The molecule has 1 spiro atoms. The predicted octanol–water partition coefficient (Wildman–Crippen LogP) is 2.79. The number of nitrogens with two attached hydrogens (primary N) is 1. The first-order chi connectivity index (χ1) is 9.19. The monoisotopic (exact) mass is 268 g/mol. The van der Waals surface area contributed by atoms with Crippen LogP contribution in [0.1, 0.15) is 58.8 Å². The van der Waals surface area contributed by atoms with Crippen molar-refractivity contribution in [3.8, 4) is 0 Å². The van der Waals surface area contributed by atoms with Crippen LogP contribution >= 0.6 is 0 Å². The average Bonchev–Trinajstić information content (AvgIpc) is 2.45. The molecule has 112 valence electrons. The lowest BCUT2D eigenvalue weighted by Gasteiger charge is -2.47. The first-order valence-corrected chi connectivity index (χ1v) is 8.27. The molecule has 0 aromatic heterocycles. The summed E-state index contributed by atoms with van der Waals surface area (Å²) in [6.45, 7) is 8.59. The van der Waals surface area contributed by atoms with Gasteiger partial charge < -0.3 is 15.4 Å². The molecule has 1 aliphatic carbocycles. The van der Waals surface area contributed by atoms with Crippen molar-refractivity contribution < 1.29 is 4.74 Å². The predicted molar refractivity (Wildman–Crippen MR) is 80.3 cm³/mol. The van der Waals surface area contributed by atoms with E-state index in [4.69, 9.17) is 10.5 Å². The quantitative estimate of drug-likeness (QED) is 0.833. The van der Waals surface area contributed by atoms with Gasteiger partial charge in [-0.3, -0.25) is 0 Å². The van der Waals surface area contributed by atoms with Gasteiger partial charge in [0.1, 0.15) is 0 Å². The van der Waals surface area contributed by atoms with Gasteiger partial charge in [0.25, 0.3) is 0 Å². The first-order valence-electron chi connectivity index (χ1n) is 8.27. The first kappa shape index (κ1) is 15.3. The molecule has 0 bridgehead atoms. The molecule has 0 aromatic rings. The highest BCUT2D eigenvalue weighted by atomic mass is 16.5. The molecule has 3 heteroatoms. The van der Waals surface area contributed by atoms with Gasteiger partial charge in [0, 0.05) is 19.2 Å². The topological polar surface area (TPSA) is 38.5 Å². The molecule has 2 rings (SSSR count). The van der Waals surface area contributed by atoms with Gasteiger partial charge in [-0.25, -0.2) is 0 Å². The van der Waals surface area contributed by atoms with Gasteiger partial charge in [-0.05, 0) is 44.7 Å². The van der Waals surface area contributed by atoms with E-state index in [9.17, 15) is 0 Å². The highest BCUT2D eigenvalue weighted by molar-refractivity contribution is 4.93. The van der Waals surface area contributed by atoms with Gasteiger partial charge in [0.15, 0.2) is 0 Å². The Morgan fingerprint density at radius 1 is 1.32 bits per heavy atom. The van der Waals surface area contributed by atoms with E-state index in [0.29, 0.717) is 12.0 Å². The molecule has 19 heavy (non-hydrogen) atoms. The molecular formula is C16H32N2O. The van der Waals surface area contributed by atoms with Crippen molar-refractivity contribution in [2.75, 3.05) is 26.2 Å². The minimum Gasteiger partial charge on any atom is -0.375 e. The van der Waals surface area contributed by atoms with Crippen LogP contribution in [-0.4, -0.2) is 42.8 Å². The van der Waals surface area contributed by atoms with Crippen molar-refractivity contribution in [3.05, 3.63) is 0 Å². The van der Waals surface area contributed by atoms with Crippen LogP contribution in [-0.2, 0) is 4.74 Å². The van der Waals surface area contributed by atoms with E-state index in [1.54, 1.807) is 0 Å². The number of nitrogens with zero attached hydrogens (tertiary/aromatic N) is 1. The van der Waals surface area contributed by atoms with Gasteiger partial charge in [-0.15, -0.1) is 0 Å². The van der Waals surface area contributed by atoms with Crippen molar-refractivity contribution in [1.29, 1.82) is 0 Å². The van der Waals surface area contributed by atoms with Crippen molar-refractivity contribution >= 4 is 0 Å². The smallest absolute Gasteiger partial charge is 0.0697 e. The molecule has 1 saturated carbocycles. The Kier molecular flexibility index (Phi) is 5.67. The second kappa shape index (κ2) is 7.05. The zero-order valence-electron chi connectivity index (χ0n) is 12.9. The van der Waals surface area contributed by atoms with Crippen molar-refractivity contribution in [3.63, 3.8) is 0 Å². The Morgan fingerprint density at radius 3 is 2.68 bits per heavy atom. The zero-order chi connectivity index (χ0) is 13.7. The molecule has 1 saturated heterocycles. The molecule has 0 amide bonds. The van der Waals surface area contributed by atoms with E-state index in [-0.39, 0.29) is 5.60 Å². The van der Waals surface area contributed by atoms with Crippen molar-refractivity contribution in [1.82, 2.24) is 4.90 Å². The summed E-state index contributed by atoms with van der Waals surface area (Å²) in [5, 5.41) is 0. The van der Waals surface area contributed by atoms with Crippen LogP contribution in [0, 0.1) is 5.92 Å². The van der Waals surface area contributed by atoms with Crippen molar-refractivity contribution in [2.45, 2.75) is 70.4 Å². The molecular weight excluding hydrogens is 236 g/mol. The van der Waals surface area contributed by atoms with E-state index in [0.717, 1.165) is 26.2 Å². The Bertz CT molecular complexity index is 258. The number of hydrogen-bond acceptors (Lipinski definition) is 3. The van der Waals surface area contributed by atoms with E-state index in [2.05, 4.69) is 18.7 Å². The summed E-state index contributed by atoms with van der Waals surface area (Å²) in [5.41, 5.74) is 6.01. The van der Waals surface area contributed by atoms with E-state index in [1.807, 2.05) is 0 Å². The van der Waals surface area contributed by atoms with Crippen LogP contribution in [0.15, 0.2) is 0 Å². The molecule has 0 aromatic carbocycles. The van der Waals surface area contributed by atoms with Crippen LogP contribution < -0.4 is 5.73 Å². The Balaban J connectivity index is 1.94. The maximum Gasteiger partial charge on any atom is 0.0697 e. The lowest BCUT2D eigenvalue weighted by Crippen LogP contribution is -2.50. The average molecular weight is 268 g/mol. The molecule has 1 heterocycles. The number of ether oxygens (including phenoxy) is 1. The lowest BCUT2D eigenvalue weighted by atomic mass is 9.78. The van der Waals surface area contributed by atoms with Crippen molar-refractivity contribution in [2.24, 2.45) is 11.7 Å². The molecule has 2 N–H and O–H groups in total. The highest BCUT2D eigenvalue weighted by Gasteiger charge is 2.39. The molecule has 2 atom stereocenters. The minimum atomic E-state index is 0.223. The largest absolute Gasteiger partial charge is 0.375 e. The summed E-state index contributed by atoms with van der Waals surface area (Å²) >= 11 is 0. The van der Waals surface area contributed by atoms with E-state index < -0.39 is 0 Å². The molecule has 1 aliphatic heterocycles. The fraction of sp³-hybridized carbons (Fsp3) is 1.00. The summed E-state index contributed by atoms with van der Waals surface area (Å²) in [6, 6.07) is 0.714. The Morgan fingerprint density at radius 2 is 2.05 bits per heavy atom. The molecule has 2 fully saturated rings. The highest BCUT2D eigenvalue weighted by Crippen LogP contribution is 2.39. The molecule has 2 unspecified atom stereocenters.